The first-order chi connectivity index (χ1) is 8.19. The minimum absolute atomic E-state index is 0.321. The number of hydrogen-bond acceptors (Lipinski definition) is 6. The number of nitrogens with two attached hydrogens (primary N) is 1. The number of pyridine rings is 1. The van der Waals surface area contributed by atoms with Crippen molar-refractivity contribution >= 4 is 5.95 Å². The van der Waals surface area contributed by atoms with Crippen molar-refractivity contribution in [2.24, 2.45) is 5.84 Å². The van der Waals surface area contributed by atoms with Gasteiger partial charge in [0.2, 0.25) is 11.8 Å². The van der Waals surface area contributed by atoms with Gasteiger partial charge in [-0.25, -0.2) is 10.8 Å². The molecule has 3 N–H and O–H groups in total. The molecule has 0 aliphatic heterocycles. The van der Waals surface area contributed by atoms with Gasteiger partial charge in [-0.15, -0.1) is 0 Å². The summed E-state index contributed by atoms with van der Waals surface area (Å²) in [5.41, 5.74) is 3.96. The van der Waals surface area contributed by atoms with Gasteiger partial charge in [-0.3, -0.25) is 10.4 Å². The van der Waals surface area contributed by atoms with E-state index in [1.165, 1.54) is 0 Å². The van der Waals surface area contributed by atoms with Gasteiger partial charge in [0.15, 0.2) is 5.75 Å². The number of nitrogen functional groups attached to an aromatic ring is 1. The Balaban J connectivity index is 2.30. The van der Waals surface area contributed by atoms with Gasteiger partial charge in [0.1, 0.15) is 0 Å². The average molecular weight is 231 g/mol. The first-order valence-corrected chi connectivity index (χ1v) is 5.11. The molecule has 17 heavy (non-hydrogen) atoms. The molecule has 0 spiro atoms. The second kappa shape index (κ2) is 4.75. The van der Waals surface area contributed by atoms with E-state index in [1.54, 1.807) is 18.3 Å². The fourth-order valence-electron chi connectivity index (χ4n) is 1.35. The maximum atomic E-state index is 5.62. The molecular formula is C11H13N5O. The van der Waals surface area contributed by atoms with Crippen molar-refractivity contribution in [3.63, 3.8) is 0 Å². The molecule has 0 aliphatic carbocycles. The highest BCUT2D eigenvalue weighted by Gasteiger charge is 2.05. The number of nitrogens with one attached hydrogen (secondary N) is 1. The van der Waals surface area contributed by atoms with Crippen molar-refractivity contribution in [1.29, 1.82) is 0 Å². The molecule has 2 aromatic rings. The van der Waals surface area contributed by atoms with Crippen molar-refractivity contribution in [3.8, 4) is 11.6 Å². The van der Waals surface area contributed by atoms with Crippen molar-refractivity contribution in [2.75, 3.05) is 5.43 Å². The first-order valence-electron chi connectivity index (χ1n) is 5.11. The second-order valence-corrected chi connectivity index (χ2v) is 3.50. The minimum Gasteiger partial charge on any atom is -0.437 e. The zero-order valence-electron chi connectivity index (χ0n) is 9.64. The van der Waals surface area contributed by atoms with Crippen molar-refractivity contribution in [1.82, 2.24) is 15.0 Å². The molecule has 2 rings (SSSR count). The highest BCUT2D eigenvalue weighted by molar-refractivity contribution is 5.34. The number of hydrogen-bond donors (Lipinski definition) is 2. The van der Waals surface area contributed by atoms with Crippen LogP contribution in [0.25, 0.3) is 0 Å². The summed E-state index contributed by atoms with van der Waals surface area (Å²) in [7, 11) is 0. The maximum absolute atomic E-state index is 5.62. The Labute approximate surface area is 98.9 Å². The molecule has 2 heterocycles. The summed E-state index contributed by atoms with van der Waals surface area (Å²) in [5.74, 6) is 6.68. The predicted octanol–water partition coefficient (Wildman–Crippen LogP) is 1.57. The molecule has 0 fully saturated rings. The van der Waals surface area contributed by atoms with E-state index in [1.807, 2.05) is 19.9 Å². The summed E-state index contributed by atoms with van der Waals surface area (Å²) in [6, 6.07) is 5.36. The molecule has 0 aromatic carbocycles. The van der Waals surface area contributed by atoms with Gasteiger partial charge >= 0.3 is 0 Å². The first kappa shape index (κ1) is 11.3. The van der Waals surface area contributed by atoms with Gasteiger partial charge in [0.25, 0.3) is 0 Å². The minimum atomic E-state index is 0.321. The quantitative estimate of drug-likeness (QED) is 0.616. The van der Waals surface area contributed by atoms with E-state index in [-0.39, 0.29) is 0 Å². The summed E-state index contributed by atoms with van der Waals surface area (Å²) in [4.78, 5) is 12.3. The van der Waals surface area contributed by atoms with Crippen LogP contribution in [0.4, 0.5) is 5.95 Å². The lowest BCUT2D eigenvalue weighted by Gasteiger charge is -2.08. The van der Waals surface area contributed by atoms with Gasteiger partial charge in [-0.05, 0) is 26.0 Å². The van der Waals surface area contributed by atoms with E-state index in [0.29, 0.717) is 17.6 Å². The van der Waals surface area contributed by atoms with Crippen LogP contribution in [0.2, 0.25) is 0 Å². The summed E-state index contributed by atoms with van der Waals surface area (Å²) in [6.45, 7) is 3.71. The van der Waals surface area contributed by atoms with Gasteiger partial charge < -0.3 is 4.74 Å². The number of ether oxygens (including phenoxy) is 1. The van der Waals surface area contributed by atoms with E-state index in [9.17, 15) is 0 Å². The lowest BCUT2D eigenvalue weighted by molar-refractivity contribution is 0.455. The van der Waals surface area contributed by atoms with Crippen LogP contribution in [0.5, 0.6) is 11.6 Å². The molecule has 6 heteroatoms. The summed E-state index contributed by atoms with van der Waals surface area (Å²) >= 11 is 0. The van der Waals surface area contributed by atoms with E-state index in [2.05, 4.69) is 20.4 Å². The number of anilines is 1. The van der Waals surface area contributed by atoms with Crippen LogP contribution >= 0.6 is 0 Å². The van der Waals surface area contributed by atoms with Crippen LogP contribution in [0, 0.1) is 13.8 Å². The topological polar surface area (TPSA) is 86.0 Å². The zero-order chi connectivity index (χ0) is 12.3. The van der Waals surface area contributed by atoms with Crippen LogP contribution in [0.1, 0.15) is 11.4 Å². The molecule has 0 aliphatic rings. The van der Waals surface area contributed by atoms with Crippen LogP contribution in [-0.2, 0) is 0 Å². The van der Waals surface area contributed by atoms with E-state index in [0.717, 1.165) is 11.4 Å². The number of aromatic nitrogens is 3. The maximum Gasteiger partial charge on any atom is 0.240 e. The number of nitrogens with zero attached hydrogens (tertiary/aromatic N) is 3. The van der Waals surface area contributed by atoms with Crippen LogP contribution < -0.4 is 16.0 Å². The molecule has 6 nitrogen and oxygen atoms in total. The third-order valence-electron chi connectivity index (χ3n) is 2.13. The number of aryl methyl sites for hydroxylation is 2. The summed E-state index contributed by atoms with van der Waals surface area (Å²) < 4.78 is 5.62. The third-order valence-corrected chi connectivity index (χ3v) is 2.13. The van der Waals surface area contributed by atoms with Crippen LogP contribution in [-0.4, -0.2) is 15.0 Å². The smallest absolute Gasteiger partial charge is 0.240 e. The highest BCUT2D eigenvalue weighted by Crippen LogP contribution is 2.22. The summed E-state index contributed by atoms with van der Waals surface area (Å²) in [6.07, 6.45) is 1.71. The lowest BCUT2D eigenvalue weighted by Crippen LogP contribution is -2.11. The fourth-order valence-corrected chi connectivity index (χ4v) is 1.35. The molecular weight excluding hydrogens is 218 g/mol. The molecule has 0 bridgehead atoms. The molecule has 2 aromatic heterocycles. The Hall–Kier alpha value is -2.21. The van der Waals surface area contributed by atoms with Crippen molar-refractivity contribution in [3.05, 3.63) is 35.8 Å². The molecule has 0 unspecified atom stereocenters. The molecule has 0 saturated heterocycles. The Morgan fingerprint density at radius 3 is 2.82 bits per heavy atom. The van der Waals surface area contributed by atoms with Crippen molar-refractivity contribution in [2.45, 2.75) is 13.8 Å². The largest absolute Gasteiger partial charge is 0.437 e. The molecule has 0 saturated carbocycles. The lowest BCUT2D eigenvalue weighted by atomic mass is 10.3. The fraction of sp³-hybridized carbons (Fsp3) is 0.182. The molecule has 88 valence electrons. The average Bonchev–Trinajstić information content (AvgIpc) is 2.31. The van der Waals surface area contributed by atoms with Crippen LogP contribution in [0.15, 0.2) is 24.4 Å². The van der Waals surface area contributed by atoms with Crippen LogP contribution in [0.3, 0.4) is 0 Å². The Kier molecular flexibility index (Phi) is 3.15. The SMILES string of the molecule is Cc1cc(Oc2cccnc2C)nc(NN)n1. The zero-order valence-corrected chi connectivity index (χ0v) is 9.64. The second-order valence-electron chi connectivity index (χ2n) is 3.50. The Morgan fingerprint density at radius 2 is 2.12 bits per heavy atom. The van der Waals surface area contributed by atoms with Gasteiger partial charge in [0.05, 0.1) is 5.69 Å². The number of rotatable bonds is 3. The summed E-state index contributed by atoms with van der Waals surface area (Å²) in [5, 5.41) is 0. The third kappa shape index (κ3) is 2.67. The predicted molar refractivity (Wildman–Crippen MR) is 63.6 cm³/mol. The number of hydrazine groups is 1. The van der Waals surface area contributed by atoms with Gasteiger partial charge in [-0.2, -0.15) is 4.98 Å². The van der Waals surface area contributed by atoms with Crippen molar-refractivity contribution < 1.29 is 4.74 Å². The highest BCUT2D eigenvalue weighted by atomic mass is 16.5. The van der Waals surface area contributed by atoms with E-state index >= 15 is 0 Å². The molecule has 0 amide bonds. The normalized spacial score (nSPS) is 10.1. The Morgan fingerprint density at radius 1 is 1.29 bits per heavy atom. The van der Waals surface area contributed by atoms with Gasteiger partial charge in [-0.1, -0.05) is 0 Å². The monoisotopic (exact) mass is 231 g/mol. The molecule has 0 radical (unpaired) electrons. The molecule has 0 atom stereocenters. The van der Waals surface area contributed by atoms with E-state index < -0.39 is 0 Å². The van der Waals surface area contributed by atoms with E-state index in [4.69, 9.17) is 10.6 Å². The Bertz CT molecular complexity index is 529. The standard InChI is InChI=1S/C11H13N5O/c1-7-6-10(15-11(14-7)16-12)17-9-4-3-5-13-8(9)2/h3-6H,12H2,1-2H3,(H,14,15,16). The van der Waals surface area contributed by atoms with Gasteiger partial charge in [0, 0.05) is 18.0 Å².